The highest BCUT2D eigenvalue weighted by molar-refractivity contribution is 7.16. The minimum Gasteiger partial charge on any atom is -0.312 e. The first-order chi connectivity index (χ1) is 12.6. The summed E-state index contributed by atoms with van der Waals surface area (Å²) in [4.78, 5) is 15.9. The van der Waals surface area contributed by atoms with Gasteiger partial charge in [-0.2, -0.15) is 15.5 Å². The Labute approximate surface area is 154 Å². The van der Waals surface area contributed by atoms with Crippen molar-refractivity contribution < 1.29 is 4.79 Å². The Bertz CT molecular complexity index is 980. The third kappa shape index (κ3) is 3.12. The molecule has 2 N–H and O–H groups in total. The summed E-state index contributed by atoms with van der Waals surface area (Å²) >= 11 is 1.49. The maximum atomic E-state index is 12.4. The van der Waals surface area contributed by atoms with Gasteiger partial charge in [-0.15, -0.1) is 11.3 Å². The molecule has 8 nitrogen and oxygen atoms in total. The number of nitriles is 1. The van der Waals surface area contributed by atoms with Crippen LogP contribution in [0.3, 0.4) is 0 Å². The Balaban J connectivity index is 1.54. The van der Waals surface area contributed by atoms with Crippen LogP contribution in [-0.4, -0.2) is 37.3 Å². The van der Waals surface area contributed by atoms with Gasteiger partial charge in [-0.3, -0.25) is 19.5 Å². The van der Waals surface area contributed by atoms with E-state index in [1.54, 1.807) is 17.9 Å². The van der Waals surface area contributed by atoms with Gasteiger partial charge in [-0.05, 0) is 12.0 Å². The molecule has 0 atom stereocenters. The first-order valence-electron chi connectivity index (χ1n) is 8.18. The standard InChI is InChI=1S/C17H17N7OS/c1-23-9-12(7-21-23)16(25)22-17-14(4-18)13-2-3-24(10-15(13)26-17)8-11-5-19-20-6-11/h5-7,9H,2-3,8,10H2,1H3,(H,19,20)(H,22,25). The van der Waals surface area contributed by atoms with Gasteiger partial charge in [0.05, 0.1) is 23.5 Å². The second-order valence-corrected chi connectivity index (χ2v) is 7.35. The quantitative estimate of drug-likeness (QED) is 0.733. The van der Waals surface area contributed by atoms with Gasteiger partial charge in [-0.1, -0.05) is 0 Å². The van der Waals surface area contributed by atoms with Gasteiger partial charge < -0.3 is 5.32 Å². The van der Waals surface area contributed by atoms with E-state index in [9.17, 15) is 10.1 Å². The Morgan fingerprint density at radius 1 is 1.50 bits per heavy atom. The zero-order valence-electron chi connectivity index (χ0n) is 14.2. The summed E-state index contributed by atoms with van der Waals surface area (Å²) in [6.45, 7) is 2.45. The summed E-state index contributed by atoms with van der Waals surface area (Å²) < 4.78 is 1.58. The molecule has 9 heteroatoms. The zero-order valence-corrected chi connectivity index (χ0v) is 15.0. The molecule has 1 aliphatic rings. The molecule has 0 aliphatic carbocycles. The average molecular weight is 367 g/mol. The van der Waals surface area contributed by atoms with Crippen molar-refractivity contribution in [1.82, 2.24) is 24.9 Å². The van der Waals surface area contributed by atoms with E-state index in [4.69, 9.17) is 0 Å². The number of hydrogen-bond acceptors (Lipinski definition) is 6. The lowest BCUT2D eigenvalue weighted by Crippen LogP contribution is -2.29. The number of nitrogens with zero attached hydrogens (tertiary/aromatic N) is 5. The Morgan fingerprint density at radius 3 is 3.08 bits per heavy atom. The van der Waals surface area contributed by atoms with Gasteiger partial charge in [0.25, 0.3) is 5.91 Å². The molecule has 0 spiro atoms. The van der Waals surface area contributed by atoms with Crippen LogP contribution in [-0.2, 0) is 26.6 Å². The number of aromatic nitrogens is 4. The summed E-state index contributed by atoms with van der Waals surface area (Å²) in [6, 6.07) is 2.27. The van der Waals surface area contributed by atoms with Crippen molar-refractivity contribution in [2.45, 2.75) is 19.5 Å². The molecule has 0 saturated carbocycles. The van der Waals surface area contributed by atoms with E-state index in [0.717, 1.165) is 42.1 Å². The van der Waals surface area contributed by atoms with Gasteiger partial charge in [0, 0.05) is 49.5 Å². The normalized spacial score (nSPS) is 14.0. The monoisotopic (exact) mass is 367 g/mol. The van der Waals surface area contributed by atoms with Gasteiger partial charge >= 0.3 is 0 Å². The fraction of sp³-hybridized carbons (Fsp3) is 0.294. The largest absolute Gasteiger partial charge is 0.312 e. The highest BCUT2D eigenvalue weighted by Gasteiger charge is 2.25. The molecule has 0 saturated heterocycles. The SMILES string of the molecule is Cn1cc(C(=O)Nc2sc3c(c2C#N)CCN(Cc2cn[nH]c2)C3)cn1. The molecule has 1 aliphatic heterocycles. The molecule has 0 aromatic carbocycles. The van der Waals surface area contributed by atoms with Crippen LogP contribution >= 0.6 is 11.3 Å². The Hall–Kier alpha value is -2.96. The lowest BCUT2D eigenvalue weighted by Gasteiger charge is -2.26. The van der Waals surface area contributed by atoms with Gasteiger partial charge in [0.15, 0.2) is 0 Å². The number of carbonyl (C=O) groups is 1. The summed E-state index contributed by atoms with van der Waals surface area (Å²) in [5.74, 6) is -0.247. The molecule has 0 fully saturated rings. The summed E-state index contributed by atoms with van der Waals surface area (Å²) in [5.41, 5.74) is 3.26. The molecule has 3 aromatic heterocycles. The maximum Gasteiger partial charge on any atom is 0.259 e. The summed E-state index contributed by atoms with van der Waals surface area (Å²) in [6.07, 6.45) is 7.69. The van der Waals surface area contributed by atoms with E-state index < -0.39 is 0 Å². The van der Waals surface area contributed by atoms with E-state index in [1.807, 2.05) is 12.4 Å². The summed E-state index contributed by atoms with van der Waals surface area (Å²) in [7, 11) is 1.76. The molecule has 26 heavy (non-hydrogen) atoms. The fourth-order valence-corrected chi connectivity index (χ4v) is 4.37. The molecule has 0 unspecified atom stereocenters. The molecule has 132 valence electrons. The van der Waals surface area contributed by atoms with Crippen molar-refractivity contribution in [3.63, 3.8) is 0 Å². The van der Waals surface area contributed by atoms with Crippen LogP contribution in [0.2, 0.25) is 0 Å². The van der Waals surface area contributed by atoms with Crippen LogP contribution < -0.4 is 5.32 Å². The number of aryl methyl sites for hydroxylation is 1. The fourth-order valence-electron chi connectivity index (χ4n) is 3.13. The number of thiophene rings is 1. The number of nitrogens with one attached hydrogen (secondary N) is 2. The Kier molecular flexibility index (Phi) is 4.28. The third-order valence-corrected chi connectivity index (χ3v) is 5.54. The van der Waals surface area contributed by atoms with Crippen LogP contribution in [0.15, 0.2) is 24.8 Å². The highest BCUT2D eigenvalue weighted by atomic mass is 32.1. The number of amides is 1. The van der Waals surface area contributed by atoms with Crippen LogP contribution in [0.4, 0.5) is 5.00 Å². The van der Waals surface area contributed by atoms with E-state index >= 15 is 0 Å². The van der Waals surface area contributed by atoms with Crippen LogP contribution in [0, 0.1) is 11.3 Å². The lowest BCUT2D eigenvalue weighted by atomic mass is 10.0. The molecular weight excluding hydrogens is 350 g/mol. The average Bonchev–Trinajstić information content (AvgIpc) is 3.34. The smallest absolute Gasteiger partial charge is 0.259 e. The molecule has 0 bridgehead atoms. The second kappa shape index (κ2) is 6.74. The van der Waals surface area contributed by atoms with Crippen LogP contribution in [0.1, 0.15) is 31.9 Å². The zero-order chi connectivity index (χ0) is 18.1. The van der Waals surface area contributed by atoms with Crippen molar-refractivity contribution in [1.29, 1.82) is 5.26 Å². The third-order valence-electron chi connectivity index (χ3n) is 4.40. The molecule has 1 amide bonds. The predicted molar refractivity (Wildman–Crippen MR) is 96.6 cm³/mol. The van der Waals surface area contributed by atoms with Crippen LogP contribution in [0.25, 0.3) is 0 Å². The minimum absolute atomic E-state index is 0.247. The number of carbonyl (C=O) groups excluding carboxylic acids is 1. The number of anilines is 1. The number of hydrogen-bond donors (Lipinski definition) is 2. The van der Waals surface area contributed by atoms with E-state index in [2.05, 4.69) is 31.6 Å². The molecule has 3 aromatic rings. The van der Waals surface area contributed by atoms with Crippen molar-refractivity contribution in [3.05, 3.63) is 51.9 Å². The van der Waals surface area contributed by atoms with Gasteiger partial charge in [0.2, 0.25) is 0 Å². The number of rotatable bonds is 4. The van der Waals surface area contributed by atoms with Crippen molar-refractivity contribution in [2.24, 2.45) is 7.05 Å². The Morgan fingerprint density at radius 2 is 2.38 bits per heavy atom. The molecule has 4 heterocycles. The number of fused-ring (bicyclic) bond motifs is 1. The molecule has 0 radical (unpaired) electrons. The second-order valence-electron chi connectivity index (χ2n) is 6.24. The number of H-pyrrole nitrogens is 1. The van der Waals surface area contributed by atoms with Gasteiger partial charge in [0.1, 0.15) is 11.1 Å². The first kappa shape index (κ1) is 16.5. The van der Waals surface area contributed by atoms with E-state index in [1.165, 1.54) is 17.5 Å². The summed E-state index contributed by atoms with van der Waals surface area (Å²) in [5, 5.41) is 23.9. The number of aromatic amines is 1. The molecule has 4 rings (SSSR count). The van der Waals surface area contributed by atoms with Crippen molar-refractivity contribution >= 4 is 22.2 Å². The molecular formula is C17H17N7OS. The van der Waals surface area contributed by atoms with E-state index in [0.29, 0.717) is 16.1 Å². The predicted octanol–water partition coefficient (Wildman–Crippen LogP) is 1.89. The highest BCUT2D eigenvalue weighted by Crippen LogP contribution is 2.37. The van der Waals surface area contributed by atoms with Crippen LogP contribution in [0.5, 0.6) is 0 Å². The maximum absolute atomic E-state index is 12.4. The van der Waals surface area contributed by atoms with Crippen molar-refractivity contribution in [3.8, 4) is 6.07 Å². The van der Waals surface area contributed by atoms with E-state index in [-0.39, 0.29) is 5.91 Å². The topological polar surface area (TPSA) is 103 Å². The van der Waals surface area contributed by atoms with Crippen molar-refractivity contribution in [2.75, 3.05) is 11.9 Å². The first-order valence-corrected chi connectivity index (χ1v) is 9.00. The van der Waals surface area contributed by atoms with Gasteiger partial charge in [-0.25, -0.2) is 0 Å². The lowest BCUT2D eigenvalue weighted by molar-refractivity contribution is 0.102. The minimum atomic E-state index is -0.247.